The third-order valence-corrected chi connectivity index (χ3v) is 4.10. The Morgan fingerprint density at radius 2 is 1.90 bits per heavy atom. The highest BCUT2D eigenvalue weighted by molar-refractivity contribution is 9.10. The summed E-state index contributed by atoms with van der Waals surface area (Å²) in [4.78, 5) is 20.5. The Kier molecular flexibility index (Phi) is 3.47. The zero-order valence-corrected chi connectivity index (χ0v) is 12.8. The molecule has 0 saturated carbocycles. The summed E-state index contributed by atoms with van der Waals surface area (Å²) in [6.45, 7) is 0. The van der Waals surface area contributed by atoms with Crippen LogP contribution in [0, 0.1) is 0 Å². The summed E-state index contributed by atoms with van der Waals surface area (Å²) in [6, 6.07) is 10.7. The quantitative estimate of drug-likeness (QED) is 0.665. The average molecular weight is 346 g/mol. The topological polar surface area (TPSA) is 77.0 Å². The van der Waals surface area contributed by atoms with Gasteiger partial charge in [-0.25, -0.2) is 4.79 Å². The lowest BCUT2D eigenvalue weighted by atomic mass is 10.1. The first-order valence-corrected chi connectivity index (χ1v) is 7.07. The predicted molar refractivity (Wildman–Crippen MR) is 81.4 cm³/mol. The Hall–Kier alpha value is -2.21. The highest BCUT2D eigenvalue weighted by Gasteiger charge is 2.16. The van der Waals surface area contributed by atoms with Crippen molar-refractivity contribution in [1.82, 2.24) is 0 Å². The predicted octanol–water partition coefficient (Wildman–Crippen LogP) is 1.77. The van der Waals surface area contributed by atoms with Crippen LogP contribution < -0.4 is 16.4 Å². The number of carbonyl (C=O) groups excluding carboxylic acids is 1. The maximum Gasteiger partial charge on any atom is 0.337 e. The van der Waals surface area contributed by atoms with Crippen LogP contribution in [-0.4, -0.2) is 13.1 Å². The number of nitrogens with two attached hydrogens (primary N) is 1. The number of esters is 1. The molecule has 6 heteroatoms. The number of hydrogen-bond acceptors (Lipinski definition) is 5. The average Bonchev–Trinajstić information content (AvgIpc) is 2.95. The summed E-state index contributed by atoms with van der Waals surface area (Å²) < 4.78 is 5.44. The highest BCUT2D eigenvalue weighted by Crippen LogP contribution is 2.22. The molecular formula is C15H12BrN3O2. The van der Waals surface area contributed by atoms with Gasteiger partial charge in [-0.2, -0.15) is 0 Å². The van der Waals surface area contributed by atoms with Gasteiger partial charge in [-0.05, 0) is 45.8 Å². The van der Waals surface area contributed by atoms with E-state index < -0.39 is 0 Å². The van der Waals surface area contributed by atoms with E-state index in [2.05, 4.69) is 30.7 Å². The standard InChI is InChI=1S/C15H12BrN3O2/c1-21-15(20)9-4-2-8(3-5-9)14-18-11-7-6-10(17)12(16)13(11)19-14/h2-7,14H,17H2,1H3/t14-/m1/s1. The zero-order chi connectivity index (χ0) is 15.0. The molecule has 0 amide bonds. The van der Waals surface area contributed by atoms with Crippen molar-refractivity contribution in [2.45, 2.75) is 6.17 Å². The first-order valence-electron chi connectivity index (χ1n) is 6.28. The van der Waals surface area contributed by atoms with Gasteiger partial charge < -0.3 is 10.5 Å². The number of methoxy groups -OCH3 is 1. The van der Waals surface area contributed by atoms with Crippen molar-refractivity contribution in [3.8, 4) is 0 Å². The maximum atomic E-state index is 11.4. The molecule has 2 aromatic carbocycles. The minimum Gasteiger partial charge on any atom is -0.465 e. The number of nitrogen functional groups attached to an aromatic ring is 1. The molecule has 0 unspecified atom stereocenters. The number of hydrogen-bond donors (Lipinski definition) is 1. The van der Waals surface area contributed by atoms with Gasteiger partial charge in [0.1, 0.15) is 5.36 Å². The lowest BCUT2D eigenvalue weighted by Gasteiger charge is -2.05. The van der Waals surface area contributed by atoms with Gasteiger partial charge in [0.25, 0.3) is 0 Å². The van der Waals surface area contributed by atoms with Crippen molar-refractivity contribution >= 4 is 27.6 Å². The first-order chi connectivity index (χ1) is 10.1. The number of fused-ring (bicyclic) bond motifs is 1. The van der Waals surface area contributed by atoms with E-state index in [0.29, 0.717) is 11.3 Å². The Morgan fingerprint density at radius 1 is 1.19 bits per heavy atom. The third-order valence-electron chi connectivity index (χ3n) is 3.27. The first kappa shape index (κ1) is 13.8. The van der Waals surface area contributed by atoms with Crippen LogP contribution >= 0.6 is 15.9 Å². The number of anilines is 1. The number of carbonyl (C=O) groups is 1. The van der Waals surface area contributed by atoms with E-state index >= 15 is 0 Å². The maximum absolute atomic E-state index is 11.4. The number of nitrogens with zero attached hydrogens (tertiary/aromatic N) is 2. The van der Waals surface area contributed by atoms with E-state index in [1.165, 1.54) is 7.11 Å². The summed E-state index contributed by atoms with van der Waals surface area (Å²) in [5.41, 5.74) is 7.89. The van der Waals surface area contributed by atoms with Crippen molar-refractivity contribution in [1.29, 1.82) is 0 Å². The summed E-state index contributed by atoms with van der Waals surface area (Å²) in [5, 5.41) is 1.56. The van der Waals surface area contributed by atoms with E-state index in [1.54, 1.807) is 18.2 Å². The van der Waals surface area contributed by atoms with E-state index in [0.717, 1.165) is 20.8 Å². The molecule has 106 valence electrons. The number of rotatable bonds is 2. The molecule has 0 saturated heterocycles. The van der Waals surface area contributed by atoms with Crippen LogP contribution in [0.5, 0.6) is 0 Å². The molecule has 5 nitrogen and oxygen atoms in total. The lowest BCUT2D eigenvalue weighted by Crippen LogP contribution is -2.23. The molecule has 0 bridgehead atoms. The van der Waals surface area contributed by atoms with Crippen molar-refractivity contribution in [2.75, 3.05) is 12.8 Å². The van der Waals surface area contributed by atoms with Crippen LogP contribution in [0.15, 0.2) is 50.9 Å². The smallest absolute Gasteiger partial charge is 0.337 e. The lowest BCUT2D eigenvalue weighted by molar-refractivity contribution is 0.0600. The number of halogens is 1. The third kappa shape index (κ3) is 2.42. The fourth-order valence-corrected chi connectivity index (χ4v) is 2.58. The Balaban J connectivity index is 1.98. The van der Waals surface area contributed by atoms with E-state index in [1.807, 2.05) is 18.2 Å². The minimum absolute atomic E-state index is 0.315. The summed E-state index contributed by atoms with van der Waals surface area (Å²) in [7, 11) is 1.36. The van der Waals surface area contributed by atoms with Crippen molar-refractivity contribution < 1.29 is 9.53 Å². The summed E-state index contributed by atoms with van der Waals surface area (Å²) in [5.74, 6) is -0.361. The van der Waals surface area contributed by atoms with Gasteiger partial charge in [-0.1, -0.05) is 12.1 Å². The largest absolute Gasteiger partial charge is 0.465 e. The number of ether oxygens (including phenoxy) is 1. The summed E-state index contributed by atoms with van der Waals surface area (Å²) in [6.07, 6.45) is -0.315. The van der Waals surface area contributed by atoms with E-state index in [-0.39, 0.29) is 12.1 Å². The van der Waals surface area contributed by atoms with Crippen LogP contribution in [-0.2, 0) is 4.74 Å². The molecule has 2 N–H and O–H groups in total. The molecule has 21 heavy (non-hydrogen) atoms. The molecular weight excluding hydrogens is 334 g/mol. The molecule has 0 spiro atoms. The monoisotopic (exact) mass is 345 g/mol. The second kappa shape index (κ2) is 5.29. The van der Waals surface area contributed by atoms with Gasteiger partial charge in [0.15, 0.2) is 6.17 Å². The molecule has 3 rings (SSSR count). The molecule has 0 radical (unpaired) electrons. The van der Waals surface area contributed by atoms with Crippen molar-refractivity contribution in [3.63, 3.8) is 0 Å². The van der Waals surface area contributed by atoms with Crippen molar-refractivity contribution in [3.05, 3.63) is 62.7 Å². The van der Waals surface area contributed by atoms with Gasteiger partial charge >= 0.3 is 5.97 Å². The van der Waals surface area contributed by atoms with E-state index in [4.69, 9.17) is 5.73 Å². The summed E-state index contributed by atoms with van der Waals surface area (Å²) >= 11 is 3.43. The van der Waals surface area contributed by atoms with Crippen LogP contribution in [0.3, 0.4) is 0 Å². The molecule has 0 aromatic heterocycles. The van der Waals surface area contributed by atoms with Gasteiger partial charge in [0.05, 0.1) is 22.5 Å². The molecule has 1 heterocycles. The second-order valence-corrected chi connectivity index (χ2v) is 5.37. The second-order valence-electron chi connectivity index (χ2n) is 4.58. The van der Waals surface area contributed by atoms with Crippen LogP contribution in [0.2, 0.25) is 0 Å². The number of benzene rings is 2. The van der Waals surface area contributed by atoms with Gasteiger partial charge in [-0.15, -0.1) is 0 Å². The van der Waals surface area contributed by atoms with Crippen molar-refractivity contribution in [2.24, 2.45) is 9.98 Å². The van der Waals surface area contributed by atoms with Gasteiger partial charge in [0, 0.05) is 5.69 Å². The molecule has 1 aliphatic rings. The Bertz CT molecular complexity index is 831. The molecule has 1 atom stereocenters. The van der Waals surface area contributed by atoms with Crippen LogP contribution in [0.4, 0.5) is 5.69 Å². The van der Waals surface area contributed by atoms with Gasteiger partial charge in [0.2, 0.25) is 0 Å². The zero-order valence-electron chi connectivity index (χ0n) is 11.2. The highest BCUT2D eigenvalue weighted by atomic mass is 79.9. The van der Waals surface area contributed by atoms with Crippen LogP contribution in [0.25, 0.3) is 0 Å². The SMILES string of the molecule is COC(=O)c1ccc([C@@H]2N=c3ccc(N)c(Br)c3=N2)cc1. The van der Waals surface area contributed by atoms with Gasteiger partial charge in [-0.3, -0.25) is 9.98 Å². The van der Waals surface area contributed by atoms with Crippen LogP contribution in [0.1, 0.15) is 22.1 Å². The molecule has 0 aliphatic carbocycles. The Labute approximate surface area is 129 Å². The molecule has 0 fully saturated rings. The minimum atomic E-state index is -0.361. The van der Waals surface area contributed by atoms with E-state index in [9.17, 15) is 4.79 Å². The normalized spacial score (nSPS) is 15.8. The molecule has 1 aliphatic heterocycles. The fourth-order valence-electron chi connectivity index (χ4n) is 2.14. The molecule has 2 aromatic rings. The Morgan fingerprint density at radius 3 is 2.57 bits per heavy atom. The fraction of sp³-hybridized carbons (Fsp3) is 0.133.